The maximum atomic E-state index is 4.96. The molecule has 0 N–H and O–H groups in total. The van der Waals surface area contributed by atoms with Crippen molar-refractivity contribution in [2.45, 2.75) is 36.1 Å². The van der Waals surface area contributed by atoms with Crippen molar-refractivity contribution >= 4 is 44.6 Å². The maximum absolute atomic E-state index is 4.96. The van der Waals surface area contributed by atoms with Crippen LogP contribution in [0.2, 0.25) is 0 Å². The molecule has 0 radical (unpaired) electrons. The molecule has 4 nitrogen and oxygen atoms in total. The van der Waals surface area contributed by atoms with Crippen molar-refractivity contribution in [3.8, 4) is 33.8 Å². The summed E-state index contributed by atoms with van der Waals surface area (Å²) >= 11 is 1.79. The molecule has 0 spiro atoms. The van der Waals surface area contributed by atoms with E-state index < -0.39 is 0 Å². The average molecular weight is 678 g/mol. The van der Waals surface area contributed by atoms with Crippen LogP contribution in [0, 0.1) is 0 Å². The van der Waals surface area contributed by atoms with Gasteiger partial charge >= 0.3 is 0 Å². The summed E-state index contributed by atoms with van der Waals surface area (Å²) in [5.41, 5.74) is 10.5. The van der Waals surface area contributed by atoms with Crippen LogP contribution < -0.4 is 0 Å². The molecule has 51 heavy (non-hydrogen) atoms. The van der Waals surface area contributed by atoms with Gasteiger partial charge in [0.1, 0.15) is 11.5 Å². The third-order valence-electron chi connectivity index (χ3n) is 9.63. The normalized spacial score (nSPS) is 11.9. The zero-order valence-electron chi connectivity index (χ0n) is 28.9. The molecular formula is C46H37N4S+. The lowest BCUT2D eigenvalue weighted by atomic mass is 9.95. The topological polar surface area (TPSA) is 27.7 Å². The summed E-state index contributed by atoms with van der Waals surface area (Å²) in [7, 11) is 0. The minimum atomic E-state index is -0.0370. The van der Waals surface area contributed by atoms with Gasteiger partial charge in [-0.15, -0.1) is 0 Å². The number of pyridine rings is 1. The number of hydrogen-bond acceptors (Lipinski definition) is 2. The highest BCUT2D eigenvalue weighted by molar-refractivity contribution is 7.99. The first-order valence-electron chi connectivity index (χ1n) is 17.4. The van der Waals surface area contributed by atoms with E-state index in [0.717, 1.165) is 28.1 Å². The molecule has 0 bridgehead atoms. The standard InChI is InChI=1S/C46H37N4S/c1-46(2,3)49-31-48(42-22-11-12-23-43(42)49)34-16-13-17-35(29-34)51-36-24-25-40-39-20-9-10-21-41(39)50(44(40)30-36)45-28-33(26-27-47-45)38-19-8-7-18-37(38)32-14-5-4-6-15-32/h4-31H,1-3H3/q+1. The lowest BCUT2D eigenvalue weighted by Gasteiger charge is -2.17. The molecule has 9 aromatic rings. The SMILES string of the molecule is CC(C)(C)n1[cH+]n(-c2cccc(Sc3ccc4c5ccccc5n(-c5cc(-c6ccccc6-c6ccccc6)ccn5)c4c3)c2)c2ccccc21. The van der Waals surface area contributed by atoms with Crippen LogP contribution in [0.4, 0.5) is 0 Å². The van der Waals surface area contributed by atoms with Crippen molar-refractivity contribution < 1.29 is 0 Å². The predicted octanol–water partition coefficient (Wildman–Crippen LogP) is 12.4. The van der Waals surface area contributed by atoms with E-state index in [2.05, 4.69) is 199 Å². The Morgan fingerprint density at radius 3 is 2.00 bits per heavy atom. The summed E-state index contributed by atoms with van der Waals surface area (Å²) in [5, 5.41) is 2.43. The molecule has 0 aliphatic heterocycles. The van der Waals surface area contributed by atoms with Gasteiger partial charge in [-0.25, -0.2) is 9.55 Å². The minimum Gasteiger partial charge on any atom is -0.294 e. The van der Waals surface area contributed by atoms with Gasteiger partial charge < -0.3 is 0 Å². The van der Waals surface area contributed by atoms with Crippen molar-refractivity contribution in [1.82, 2.24) is 18.7 Å². The quantitative estimate of drug-likeness (QED) is 0.164. The Morgan fingerprint density at radius 1 is 0.529 bits per heavy atom. The predicted molar refractivity (Wildman–Crippen MR) is 214 cm³/mol. The number of nitrogens with zero attached hydrogens (tertiary/aromatic N) is 4. The van der Waals surface area contributed by atoms with Crippen LogP contribution in [0.1, 0.15) is 20.8 Å². The molecule has 6 aromatic carbocycles. The van der Waals surface area contributed by atoms with Crippen molar-refractivity contribution in [2.75, 3.05) is 0 Å². The average Bonchev–Trinajstić information content (AvgIpc) is 3.72. The number of benzene rings is 6. The number of rotatable bonds is 6. The first-order valence-corrected chi connectivity index (χ1v) is 18.2. The Hall–Kier alpha value is -5.91. The number of imidazole rings is 1. The fourth-order valence-electron chi connectivity index (χ4n) is 7.26. The van der Waals surface area contributed by atoms with E-state index in [0.29, 0.717) is 0 Å². The molecule has 0 saturated carbocycles. The zero-order chi connectivity index (χ0) is 34.5. The molecule has 0 aliphatic rings. The van der Waals surface area contributed by atoms with Crippen molar-refractivity contribution in [1.29, 1.82) is 0 Å². The molecule has 246 valence electrons. The van der Waals surface area contributed by atoms with Gasteiger partial charge in [-0.1, -0.05) is 90.6 Å². The van der Waals surface area contributed by atoms with Crippen LogP contribution in [0.15, 0.2) is 180 Å². The number of hydrogen-bond donors (Lipinski definition) is 0. The molecule has 0 saturated heterocycles. The van der Waals surface area contributed by atoms with Gasteiger partial charge in [0.15, 0.2) is 17.4 Å². The number of para-hydroxylation sites is 3. The highest BCUT2D eigenvalue weighted by Crippen LogP contribution is 2.38. The summed E-state index contributed by atoms with van der Waals surface area (Å²) in [4.78, 5) is 7.33. The Morgan fingerprint density at radius 2 is 1.20 bits per heavy atom. The second-order valence-electron chi connectivity index (χ2n) is 14.0. The molecule has 9 rings (SSSR count). The van der Waals surface area contributed by atoms with Crippen LogP contribution >= 0.6 is 11.8 Å². The Balaban J connectivity index is 1.13. The van der Waals surface area contributed by atoms with Gasteiger partial charge in [-0.05, 0) is 97.6 Å². The van der Waals surface area contributed by atoms with Gasteiger partial charge in [0, 0.05) is 51.0 Å². The van der Waals surface area contributed by atoms with Crippen LogP contribution in [-0.2, 0) is 5.54 Å². The molecule has 0 fully saturated rings. The van der Waals surface area contributed by atoms with E-state index in [4.69, 9.17) is 4.98 Å². The number of aromatic nitrogens is 4. The summed E-state index contributed by atoms with van der Waals surface area (Å²) < 4.78 is 6.98. The van der Waals surface area contributed by atoms with E-state index in [9.17, 15) is 0 Å². The molecule has 0 unspecified atom stereocenters. The summed E-state index contributed by atoms with van der Waals surface area (Å²) in [6.07, 6.45) is 4.17. The maximum Gasteiger partial charge on any atom is 0.191 e. The van der Waals surface area contributed by atoms with E-state index >= 15 is 0 Å². The van der Waals surface area contributed by atoms with Crippen LogP contribution in [0.25, 0.3) is 66.6 Å². The van der Waals surface area contributed by atoms with E-state index in [1.165, 1.54) is 48.3 Å². The largest absolute Gasteiger partial charge is 0.294 e. The highest BCUT2D eigenvalue weighted by atomic mass is 32.2. The van der Waals surface area contributed by atoms with Gasteiger partial charge in [0.2, 0.25) is 0 Å². The summed E-state index contributed by atoms with van der Waals surface area (Å²) in [6.45, 7) is 6.75. The Bertz CT molecular complexity index is 2710. The van der Waals surface area contributed by atoms with Crippen LogP contribution in [-0.4, -0.2) is 18.7 Å². The monoisotopic (exact) mass is 677 g/mol. The van der Waals surface area contributed by atoms with Crippen molar-refractivity contribution in [3.05, 3.63) is 170 Å². The van der Waals surface area contributed by atoms with Crippen LogP contribution in [0.5, 0.6) is 0 Å². The molecule has 3 aromatic heterocycles. The van der Waals surface area contributed by atoms with Gasteiger partial charge in [0.05, 0.1) is 16.6 Å². The lowest BCUT2D eigenvalue weighted by Crippen LogP contribution is -2.20. The fourth-order valence-corrected chi connectivity index (χ4v) is 8.16. The van der Waals surface area contributed by atoms with E-state index in [1.807, 2.05) is 6.20 Å². The van der Waals surface area contributed by atoms with Gasteiger partial charge in [-0.2, -0.15) is 4.57 Å². The lowest BCUT2D eigenvalue weighted by molar-refractivity contribution is 0.406. The van der Waals surface area contributed by atoms with Crippen molar-refractivity contribution in [2.24, 2.45) is 0 Å². The van der Waals surface area contributed by atoms with Crippen LogP contribution in [0.3, 0.4) is 0 Å². The third-order valence-corrected chi connectivity index (χ3v) is 10.6. The summed E-state index contributed by atoms with van der Waals surface area (Å²) in [6, 6.07) is 56.5. The third kappa shape index (κ3) is 5.60. The molecule has 0 atom stereocenters. The second-order valence-corrected chi connectivity index (χ2v) is 15.1. The van der Waals surface area contributed by atoms with E-state index in [-0.39, 0.29) is 5.54 Å². The molecule has 0 aliphatic carbocycles. The first kappa shape index (κ1) is 31.1. The second kappa shape index (κ2) is 12.4. The van der Waals surface area contributed by atoms with Crippen molar-refractivity contribution in [3.63, 3.8) is 0 Å². The Kier molecular flexibility index (Phi) is 7.59. The highest BCUT2D eigenvalue weighted by Gasteiger charge is 2.24. The van der Waals surface area contributed by atoms with E-state index in [1.54, 1.807) is 11.8 Å². The van der Waals surface area contributed by atoms with Gasteiger partial charge in [-0.3, -0.25) is 4.57 Å². The molecule has 0 amide bonds. The minimum absolute atomic E-state index is 0.0370. The molecular weight excluding hydrogens is 641 g/mol. The van der Waals surface area contributed by atoms with Gasteiger partial charge in [0.25, 0.3) is 0 Å². The Labute approximate surface area is 302 Å². The molecule has 3 heterocycles. The number of fused-ring (bicyclic) bond motifs is 4. The smallest absolute Gasteiger partial charge is 0.191 e. The zero-order valence-corrected chi connectivity index (χ0v) is 29.7. The molecule has 5 heteroatoms. The first-order chi connectivity index (χ1) is 24.9. The summed E-state index contributed by atoms with van der Waals surface area (Å²) in [5.74, 6) is 0.900. The fraction of sp³-hybridized carbons (Fsp3) is 0.0870.